The number of hydrogen-bond acceptors (Lipinski definition) is 6. The first-order chi connectivity index (χ1) is 16.7. The first-order valence-electron chi connectivity index (χ1n) is 12.3. The van der Waals surface area contributed by atoms with Crippen LogP contribution in [-0.4, -0.2) is 59.2 Å². The van der Waals surface area contributed by atoms with E-state index >= 15 is 0 Å². The van der Waals surface area contributed by atoms with E-state index in [-0.39, 0.29) is 17.8 Å². The molecule has 0 bridgehead atoms. The molecule has 6 nitrogen and oxygen atoms in total. The van der Waals surface area contributed by atoms with Gasteiger partial charge < -0.3 is 15.0 Å². The predicted octanol–water partition coefficient (Wildman–Crippen LogP) is 4.50. The largest absolute Gasteiger partial charge is 0.468 e. The monoisotopic (exact) mass is 510 g/mol. The topological polar surface area (TPSA) is 67.4 Å². The maximum Gasteiger partial charge on any atom is 0.422 e. The highest BCUT2D eigenvalue weighted by Gasteiger charge is 2.29. The quantitative estimate of drug-likeness (QED) is 0.567. The maximum atomic E-state index is 12.4. The van der Waals surface area contributed by atoms with E-state index in [0.717, 1.165) is 85.7 Å². The Labute approximate surface area is 208 Å². The Morgan fingerprint density at radius 2 is 1.97 bits per heavy atom. The van der Waals surface area contributed by atoms with Crippen LogP contribution in [0.5, 0.6) is 5.88 Å². The highest BCUT2D eigenvalue weighted by Crippen LogP contribution is 2.28. The molecular weight excluding hydrogens is 477 g/mol. The normalized spacial score (nSPS) is 21.3. The lowest BCUT2D eigenvalue weighted by Gasteiger charge is -2.30. The van der Waals surface area contributed by atoms with E-state index in [1.165, 1.54) is 6.07 Å². The lowest BCUT2D eigenvalue weighted by molar-refractivity contribution is -0.154. The molecule has 0 spiro atoms. The standard InChI is InChI=1S/C25H33F3N4O2S/c1-17-29-15-21(35-17)14-23(33)30-20-5-2-18(3-6-20)8-11-32-12-9-19-4-7-24(31-22(19)10-13-32)34-16-25(26,27)28/h4,7,15,18,20H,2-3,5-6,8-14,16H2,1H3,(H,30,33)/t18-,20-. The number of carbonyl (C=O) groups is 1. The van der Waals surface area contributed by atoms with Gasteiger partial charge in [0.1, 0.15) is 0 Å². The molecule has 35 heavy (non-hydrogen) atoms. The number of pyridine rings is 1. The predicted molar refractivity (Wildman–Crippen MR) is 129 cm³/mol. The van der Waals surface area contributed by atoms with Gasteiger partial charge in [0.05, 0.1) is 11.4 Å². The fourth-order valence-electron chi connectivity index (χ4n) is 4.95. The zero-order chi connectivity index (χ0) is 24.8. The Kier molecular flexibility index (Phi) is 8.64. The van der Waals surface area contributed by atoms with Crippen molar-refractivity contribution in [3.8, 4) is 5.88 Å². The molecule has 4 rings (SSSR count). The number of halogens is 3. The fraction of sp³-hybridized carbons (Fsp3) is 0.640. The number of carbonyl (C=O) groups excluding carboxylic acids is 1. The summed E-state index contributed by atoms with van der Waals surface area (Å²) >= 11 is 1.57. The van der Waals surface area contributed by atoms with Gasteiger partial charge in [0.2, 0.25) is 11.8 Å². The Hall–Kier alpha value is -2.20. The Balaban J connectivity index is 1.16. The number of rotatable bonds is 8. The van der Waals surface area contributed by atoms with Crippen LogP contribution in [0.2, 0.25) is 0 Å². The molecule has 0 saturated heterocycles. The molecule has 0 aromatic carbocycles. The van der Waals surface area contributed by atoms with Crippen molar-refractivity contribution in [2.45, 2.75) is 70.5 Å². The van der Waals surface area contributed by atoms with Crippen molar-refractivity contribution in [1.82, 2.24) is 20.2 Å². The highest BCUT2D eigenvalue weighted by molar-refractivity contribution is 7.11. The molecular formula is C25H33F3N4O2S. The second kappa shape index (κ2) is 11.7. The smallest absolute Gasteiger partial charge is 0.422 e. The lowest BCUT2D eigenvalue weighted by atomic mass is 9.84. The van der Waals surface area contributed by atoms with Crippen molar-refractivity contribution in [3.05, 3.63) is 39.5 Å². The van der Waals surface area contributed by atoms with Gasteiger partial charge in [0, 0.05) is 48.4 Å². The van der Waals surface area contributed by atoms with Crippen LogP contribution in [0.25, 0.3) is 0 Å². The van der Waals surface area contributed by atoms with Crippen molar-refractivity contribution < 1.29 is 22.7 Å². The zero-order valence-electron chi connectivity index (χ0n) is 20.1. The summed E-state index contributed by atoms with van der Waals surface area (Å²) in [6.45, 7) is 3.42. The molecule has 1 aliphatic carbocycles. The molecule has 192 valence electrons. The molecule has 1 amide bonds. The van der Waals surface area contributed by atoms with Crippen molar-refractivity contribution in [2.75, 3.05) is 26.2 Å². The van der Waals surface area contributed by atoms with Crippen LogP contribution < -0.4 is 10.1 Å². The first kappa shape index (κ1) is 25.9. The molecule has 0 radical (unpaired) electrons. The fourth-order valence-corrected chi connectivity index (χ4v) is 5.75. The van der Waals surface area contributed by atoms with Crippen LogP contribution in [0, 0.1) is 12.8 Å². The van der Waals surface area contributed by atoms with Crippen LogP contribution in [-0.2, 0) is 24.1 Å². The van der Waals surface area contributed by atoms with Gasteiger partial charge in [-0.25, -0.2) is 9.97 Å². The minimum absolute atomic E-state index is 0.0422. The Morgan fingerprint density at radius 1 is 1.20 bits per heavy atom. The van der Waals surface area contributed by atoms with E-state index in [0.29, 0.717) is 12.3 Å². The third-order valence-corrected chi connectivity index (χ3v) is 7.77. The summed E-state index contributed by atoms with van der Waals surface area (Å²) in [5.41, 5.74) is 1.94. The Bertz CT molecular complexity index is 989. The summed E-state index contributed by atoms with van der Waals surface area (Å²) in [7, 11) is 0. The number of alkyl halides is 3. The number of ether oxygens (including phenoxy) is 1. The Morgan fingerprint density at radius 3 is 2.69 bits per heavy atom. The minimum Gasteiger partial charge on any atom is -0.468 e. The van der Waals surface area contributed by atoms with Gasteiger partial charge >= 0.3 is 6.18 Å². The summed E-state index contributed by atoms with van der Waals surface area (Å²) in [5.74, 6) is 0.792. The van der Waals surface area contributed by atoms with E-state index in [9.17, 15) is 18.0 Å². The number of aryl methyl sites for hydroxylation is 1. The summed E-state index contributed by atoms with van der Waals surface area (Å²) < 4.78 is 42.1. The van der Waals surface area contributed by atoms with Gasteiger partial charge in [0.15, 0.2) is 6.61 Å². The number of amides is 1. The third-order valence-electron chi connectivity index (χ3n) is 6.86. The van der Waals surface area contributed by atoms with Gasteiger partial charge in [-0.05, 0) is 63.5 Å². The van der Waals surface area contributed by atoms with Crippen molar-refractivity contribution in [1.29, 1.82) is 0 Å². The van der Waals surface area contributed by atoms with E-state index in [1.807, 2.05) is 13.0 Å². The second-order valence-electron chi connectivity index (χ2n) is 9.60. The molecule has 2 aromatic heterocycles. The average molecular weight is 511 g/mol. The van der Waals surface area contributed by atoms with Crippen molar-refractivity contribution >= 4 is 17.2 Å². The van der Waals surface area contributed by atoms with E-state index in [1.54, 1.807) is 17.5 Å². The molecule has 2 aliphatic rings. The van der Waals surface area contributed by atoms with Gasteiger partial charge in [-0.1, -0.05) is 6.07 Å². The number of thiazole rings is 1. The summed E-state index contributed by atoms with van der Waals surface area (Å²) in [6, 6.07) is 3.65. The van der Waals surface area contributed by atoms with Crippen LogP contribution in [0.3, 0.4) is 0 Å². The molecule has 3 heterocycles. The minimum atomic E-state index is -4.36. The van der Waals surface area contributed by atoms with Crippen molar-refractivity contribution in [3.63, 3.8) is 0 Å². The number of hydrogen-bond donors (Lipinski definition) is 1. The van der Waals surface area contributed by atoms with Crippen LogP contribution in [0.4, 0.5) is 13.2 Å². The maximum absolute atomic E-state index is 12.4. The van der Waals surface area contributed by atoms with Crippen LogP contribution in [0.1, 0.15) is 53.2 Å². The molecule has 10 heteroatoms. The van der Waals surface area contributed by atoms with Crippen LogP contribution >= 0.6 is 11.3 Å². The molecule has 0 atom stereocenters. The number of fused-ring (bicyclic) bond motifs is 1. The summed E-state index contributed by atoms with van der Waals surface area (Å²) in [6.07, 6.45) is 4.82. The highest BCUT2D eigenvalue weighted by atomic mass is 32.1. The lowest BCUT2D eigenvalue weighted by Crippen LogP contribution is -2.38. The van der Waals surface area contributed by atoms with Crippen molar-refractivity contribution in [2.24, 2.45) is 5.92 Å². The van der Waals surface area contributed by atoms with Crippen LogP contribution in [0.15, 0.2) is 18.3 Å². The van der Waals surface area contributed by atoms with E-state index < -0.39 is 12.8 Å². The third kappa shape index (κ3) is 8.17. The van der Waals surface area contributed by atoms with Gasteiger partial charge in [0.25, 0.3) is 0 Å². The average Bonchev–Trinajstić information content (AvgIpc) is 3.10. The second-order valence-corrected chi connectivity index (χ2v) is 10.9. The van der Waals surface area contributed by atoms with E-state index in [4.69, 9.17) is 4.74 Å². The number of nitrogens with one attached hydrogen (secondary N) is 1. The number of nitrogens with zero attached hydrogens (tertiary/aromatic N) is 3. The summed E-state index contributed by atoms with van der Waals surface area (Å²) in [4.78, 5) is 24.3. The summed E-state index contributed by atoms with van der Waals surface area (Å²) in [5, 5.41) is 4.18. The first-order valence-corrected chi connectivity index (χ1v) is 13.2. The molecule has 2 aromatic rings. The molecule has 1 N–H and O–H groups in total. The van der Waals surface area contributed by atoms with Gasteiger partial charge in [-0.15, -0.1) is 11.3 Å². The van der Waals surface area contributed by atoms with E-state index in [2.05, 4.69) is 20.2 Å². The molecule has 1 fully saturated rings. The van der Waals surface area contributed by atoms with Gasteiger partial charge in [-0.2, -0.15) is 13.2 Å². The SMILES string of the molecule is Cc1ncc(CC(=O)N[C@H]2CC[C@H](CCN3CCc4ccc(OCC(F)(F)F)nc4CC3)CC2)s1. The van der Waals surface area contributed by atoms with Gasteiger partial charge in [-0.3, -0.25) is 4.79 Å². The molecule has 1 aliphatic heterocycles. The molecule has 0 unspecified atom stereocenters. The zero-order valence-corrected chi connectivity index (χ0v) is 20.9. The number of aromatic nitrogens is 2. The molecule has 1 saturated carbocycles.